The summed E-state index contributed by atoms with van der Waals surface area (Å²) >= 11 is 1.24. The highest BCUT2D eigenvalue weighted by Crippen LogP contribution is 2.29. The highest BCUT2D eigenvalue weighted by atomic mass is 32.2. The summed E-state index contributed by atoms with van der Waals surface area (Å²) in [4.78, 5) is 3.92. The van der Waals surface area contributed by atoms with E-state index in [1.54, 1.807) is 0 Å². The molecule has 0 atom stereocenters. The molecule has 1 aromatic carbocycles. The van der Waals surface area contributed by atoms with Crippen LogP contribution in [0, 0.1) is 0 Å². The summed E-state index contributed by atoms with van der Waals surface area (Å²) < 4.78 is 39.1. The van der Waals surface area contributed by atoms with Crippen LogP contribution in [-0.2, 0) is 11.9 Å². The molecule has 12 heteroatoms. The topological polar surface area (TPSA) is 111 Å². The van der Waals surface area contributed by atoms with Gasteiger partial charge in [0, 0.05) is 0 Å². The minimum atomic E-state index is -4.39. The summed E-state index contributed by atoms with van der Waals surface area (Å²) in [7, 11) is 0. The lowest BCUT2D eigenvalue weighted by molar-refractivity contribution is -0.137. The largest absolute Gasteiger partial charge is 0.416 e. The minimum absolute atomic E-state index is 0.190. The monoisotopic (exact) mass is 342 g/mol. The van der Waals surface area contributed by atoms with Crippen LogP contribution in [0.1, 0.15) is 11.4 Å². The van der Waals surface area contributed by atoms with Gasteiger partial charge >= 0.3 is 6.18 Å². The summed E-state index contributed by atoms with van der Waals surface area (Å²) in [5.74, 6) is 0.957. The molecule has 0 aliphatic carbocycles. The van der Waals surface area contributed by atoms with E-state index >= 15 is 0 Å². The number of benzene rings is 1. The second-order valence-corrected chi connectivity index (χ2v) is 5.29. The van der Waals surface area contributed by atoms with E-state index in [1.165, 1.54) is 28.6 Å². The maximum absolute atomic E-state index is 12.6. The van der Waals surface area contributed by atoms with E-state index in [0.717, 1.165) is 12.1 Å². The van der Waals surface area contributed by atoms with Gasteiger partial charge in [0.1, 0.15) is 0 Å². The van der Waals surface area contributed by atoms with Crippen molar-refractivity contribution in [3.63, 3.8) is 0 Å². The number of nitrogen functional groups attached to an aromatic ring is 1. The smallest absolute Gasteiger partial charge is 0.368 e. The summed E-state index contributed by atoms with van der Waals surface area (Å²) in [5, 5.41) is 17.9. The zero-order valence-electron chi connectivity index (χ0n) is 11.3. The molecule has 23 heavy (non-hydrogen) atoms. The van der Waals surface area contributed by atoms with Crippen LogP contribution in [0.15, 0.2) is 29.4 Å². The molecule has 3 aromatic rings. The van der Waals surface area contributed by atoms with Gasteiger partial charge in [0.15, 0.2) is 5.82 Å². The molecule has 120 valence electrons. The minimum Gasteiger partial charge on any atom is -0.368 e. The van der Waals surface area contributed by atoms with Gasteiger partial charge in [-0.05, 0) is 34.7 Å². The first-order valence-corrected chi connectivity index (χ1v) is 7.17. The van der Waals surface area contributed by atoms with E-state index in [0.29, 0.717) is 22.4 Å². The summed E-state index contributed by atoms with van der Waals surface area (Å²) in [6.07, 6.45) is -4.39. The van der Waals surface area contributed by atoms with Crippen molar-refractivity contribution in [1.29, 1.82) is 0 Å². The van der Waals surface area contributed by atoms with Crippen molar-refractivity contribution in [2.45, 2.75) is 17.1 Å². The number of hydrogen-bond acceptors (Lipinski definition) is 7. The maximum Gasteiger partial charge on any atom is 0.416 e. The van der Waals surface area contributed by atoms with Crippen LogP contribution < -0.4 is 5.73 Å². The summed E-state index contributed by atoms with van der Waals surface area (Å²) in [5.41, 5.74) is 5.11. The fourth-order valence-electron chi connectivity index (χ4n) is 1.74. The predicted molar refractivity (Wildman–Crippen MR) is 74.5 cm³/mol. The van der Waals surface area contributed by atoms with Crippen LogP contribution in [-0.4, -0.2) is 35.4 Å². The van der Waals surface area contributed by atoms with Gasteiger partial charge in [-0.25, -0.2) is 5.10 Å². The number of hydrogen-bond donors (Lipinski definition) is 2. The van der Waals surface area contributed by atoms with E-state index in [-0.39, 0.29) is 5.95 Å². The molecule has 0 unspecified atom stereocenters. The van der Waals surface area contributed by atoms with Gasteiger partial charge in [-0.15, -0.1) is 10.2 Å². The zero-order valence-corrected chi connectivity index (χ0v) is 12.1. The number of anilines is 1. The molecular weight excluding hydrogens is 333 g/mol. The molecule has 8 nitrogen and oxygen atoms in total. The van der Waals surface area contributed by atoms with Gasteiger partial charge in [0.25, 0.3) is 0 Å². The normalized spacial score (nSPS) is 11.8. The van der Waals surface area contributed by atoms with E-state index < -0.39 is 11.7 Å². The number of aromatic amines is 1. The van der Waals surface area contributed by atoms with Crippen molar-refractivity contribution >= 4 is 17.7 Å². The van der Waals surface area contributed by atoms with Crippen molar-refractivity contribution < 1.29 is 13.2 Å². The van der Waals surface area contributed by atoms with Gasteiger partial charge in [0.2, 0.25) is 11.1 Å². The number of nitrogens with zero attached hydrogens (tertiary/aromatic N) is 6. The average molecular weight is 342 g/mol. The number of H-pyrrole nitrogens is 1. The molecule has 0 radical (unpaired) electrons. The van der Waals surface area contributed by atoms with Gasteiger partial charge in [-0.1, -0.05) is 11.8 Å². The molecule has 0 aliphatic heterocycles. The van der Waals surface area contributed by atoms with E-state index in [9.17, 15) is 13.2 Å². The van der Waals surface area contributed by atoms with Crippen LogP contribution in [0.3, 0.4) is 0 Å². The molecule has 0 amide bonds. The van der Waals surface area contributed by atoms with E-state index in [4.69, 9.17) is 5.73 Å². The lowest BCUT2D eigenvalue weighted by atomic mass is 10.2. The lowest BCUT2D eigenvalue weighted by Gasteiger charge is -2.08. The first-order valence-electron chi connectivity index (χ1n) is 6.19. The Kier molecular flexibility index (Phi) is 3.90. The number of halogens is 3. The standard InChI is InChI=1S/C11H9F3N8S/c12-11(13,14)6-1-3-7(4-2-6)22-8(17-20-21-22)5-23-10-16-9(15)18-19-10/h1-4H,5H2,(H3,15,16,18,19). The first kappa shape index (κ1) is 15.3. The Bertz CT molecular complexity index is 794. The Morgan fingerprint density at radius 1 is 1.22 bits per heavy atom. The molecule has 3 rings (SSSR count). The van der Waals surface area contributed by atoms with E-state index in [2.05, 4.69) is 30.7 Å². The molecule has 2 aromatic heterocycles. The van der Waals surface area contributed by atoms with Crippen LogP contribution in [0.2, 0.25) is 0 Å². The van der Waals surface area contributed by atoms with Crippen molar-refractivity contribution in [2.75, 3.05) is 5.73 Å². The van der Waals surface area contributed by atoms with Crippen LogP contribution in [0.4, 0.5) is 19.1 Å². The predicted octanol–water partition coefficient (Wildman–Crippen LogP) is 1.67. The number of nitrogens with two attached hydrogens (primary N) is 1. The SMILES string of the molecule is Nc1nc(SCc2nnnn2-c2ccc(C(F)(F)F)cc2)n[nH]1. The lowest BCUT2D eigenvalue weighted by Crippen LogP contribution is -2.06. The highest BCUT2D eigenvalue weighted by Gasteiger charge is 2.30. The highest BCUT2D eigenvalue weighted by molar-refractivity contribution is 7.98. The third kappa shape index (κ3) is 3.41. The van der Waals surface area contributed by atoms with Crippen molar-refractivity contribution in [2.24, 2.45) is 0 Å². The number of alkyl halides is 3. The molecule has 0 spiro atoms. The number of tetrazole rings is 1. The van der Waals surface area contributed by atoms with Gasteiger partial charge in [0.05, 0.1) is 17.0 Å². The third-order valence-electron chi connectivity index (χ3n) is 2.79. The average Bonchev–Trinajstić information content (AvgIpc) is 3.13. The van der Waals surface area contributed by atoms with Crippen molar-refractivity contribution in [3.8, 4) is 5.69 Å². The van der Waals surface area contributed by atoms with Crippen LogP contribution in [0.25, 0.3) is 5.69 Å². The van der Waals surface area contributed by atoms with Crippen molar-refractivity contribution in [3.05, 3.63) is 35.7 Å². The molecule has 0 bridgehead atoms. The fraction of sp³-hybridized carbons (Fsp3) is 0.182. The number of aromatic nitrogens is 7. The molecule has 2 heterocycles. The number of nitrogens with one attached hydrogen (secondary N) is 1. The maximum atomic E-state index is 12.6. The molecule has 0 saturated heterocycles. The Hall–Kier alpha value is -2.63. The zero-order chi connectivity index (χ0) is 16.4. The van der Waals surface area contributed by atoms with Crippen LogP contribution in [0.5, 0.6) is 0 Å². The third-order valence-corrected chi connectivity index (χ3v) is 3.63. The van der Waals surface area contributed by atoms with Crippen LogP contribution >= 0.6 is 11.8 Å². The fourth-order valence-corrected chi connectivity index (χ4v) is 2.45. The van der Waals surface area contributed by atoms with Gasteiger partial charge in [-0.2, -0.15) is 22.8 Å². The Labute approximate surface area is 131 Å². The molecule has 0 saturated carbocycles. The van der Waals surface area contributed by atoms with E-state index in [1.807, 2.05) is 0 Å². The molecule has 0 fully saturated rings. The number of thioether (sulfide) groups is 1. The van der Waals surface area contributed by atoms with Gasteiger partial charge in [-0.3, -0.25) is 0 Å². The molecule has 3 N–H and O–H groups in total. The Morgan fingerprint density at radius 3 is 2.57 bits per heavy atom. The number of rotatable bonds is 4. The quantitative estimate of drug-likeness (QED) is 0.694. The second kappa shape index (κ2) is 5.87. The second-order valence-electron chi connectivity index (χ2n) is 4.34. The first-order chi connectivity index (χ1) is 10.9. The van der Waals surface area contributed by atoms with Gasteiger partial charge < -0.3 is 5.73 Å². The molecular formula is C11H9F3N8S. The van der Waals surface area contributed by atoms with Crippen molar-refractivity contribution in [1.82, 2.24) is 35.4 Å². The Morgan fingerprint density at radius 2 is 1.96 bits per heavy atom. The molecule has 0 aliphatic rings. The summed E-state index contributed by atoms with van der Waals surface area (Å²) in [6, 6.07) is 4.56. The summed E-state index contributed by atoms with van der Waals surface area (Å²) in [6.45, 7) is 0. The Balaban J connectivity index is 1.77.